The normalized spacial score (nSPS) is 11.2. The van der Waals surface area contributed by atoms with E-state index in [1.807, 2.05) is 0 Å². The predicted molar refractivity (Wildman–Crippen MR) is 89.4 cm³/mol. The van der Waals surface area contributed by atoms with Crippen molar-refractivity contribution in [1.82, 2.24) is 4.98 Å². The first-order valence-corrected chi connectivity index (χ1v) is 8.49. The first kappa shape index (κ1) is 16.5. The highest BCUT2D eigenvalue weighted by Crippen LogP contribution is 2.25. The Balaban J connectivity index is 1.93. The summed E-state index contributed by atoms with van der Waals surface area (Å²) in [5.41, 5.74) is 6.37. The van der Waals surface area contributed by atoms with Crippen LogP contribution in [-0.4, -0.2) is 24.4 Å². The van der Waals surface area contributed by atoms with E-state index in [1.54, 1.807) is 24.3 Å². The standard InChI is InChI=1S/C16H13N3O5S/c17-16(21)13-7-12(4-5-15(13)20)25(22,23)19-11-3-1-2-10(6-11)14-8-24-9-18-14/h1-9,19-20H,(H2,17,21). The molecule has 0 fully saturated rings. The molecule has 128 valence electrons. The average molecular weight is 359 g/mol. The summed E-state index contributed by atoms with van der Waals surface area (Å²) in [7, 11) is -3.98. The van der Waals surface area contributed by atoms with Crippen LogP contribution in [-0.2, 0) is 10.0 Å². The highest BCUT2D eigenvalue weighted by Gasteiger charge is 2.18. The van der Waals surface area contributed by atoms with Crippen LogP contribution in [0.15, 0.2) is 64.4 Å². The van der Waals surface area contributed by atoms with Gasteiger partial charge >= 0.3 is 0 Å². The molecule has 8 nitrogen and oxygen atoms in total. The molecule has 3 aromatic rings. The Kier molecular flexibility index (Phi) is 4.15. The monoisotopic (exact) mass is 359 g/mol. The fraction of sp³-hybridized carbons (Fsp3) is 0. The summed E-state index contributed by atoms with van der Waals surface area (Å²) in [6.45, 7) is 0. The zero-order valence-corrected chi connectivity index (χ0v) is 13.5. The van der Waals surface area contributed by atoms with E-state index in [0.717, 1.165) is 12.1 Å². The minimum Gasteiger partial charge on any atom is -0.507 e. The number of nitrogens with one attached hydrogen (secondary N) is 1. The molecule has 3 rings (SSSR count). The number of aromatic hydroxyl groups is 1. The second kappa shape index (κ2) is 6.29. The summed E-state index contributed by atoms with van der Waals surface area (Å²) < 4.78 is 32.3. The number of carbonyl (C=O) groups is 1. The van der Waals surface area contributed by atoms with Gasteiger partial charge in [-0.1, -0.05) is 12.1 Å². The largest absolute Gasteiger partial charge is 0.507 e. The number of phenols is 1. The van der Waals surface area contributed by atoms with Gasteiger partial charge in [0.2, 0.25) is 0 Å². The molecular weight excluding hydrogens is 346 g/mol. The summed E-state index contributed by atoms with van der Waals surface area (Å²) in [5.74, 6) is -1.32. The Bertz CT molecular complexity index is 1030. The maximum atomic E-state index is 12.5. The summed E-state index contributed by atoms with van der Waals surface area (Å²) in [5, 5.41) is 9.57. The second-order valence-corrected chi connectivity index (χ2v) is 6.79. The van der Waals surface area contributed by atoms with Crippen LogP contribution in [0.25, 0.3) is 11.3 Å². The topological polar surface area (TPSA) is 136 Å². The Morgan fingerprint density at radius 3 is 2.68 bits per heavy atom. The van der Waals surface area contributed by atoms with Gasteiger partial charge in [-0.05, 0) is 30.3 Å². The van der Waals surface area contributed by atoms with Crippen molar-refractivity contribution in [2.24, 2.45) is 5.73 Å². The van der Waals surface area contributed by atoms with Crippen molar-refractivity contribution in [2.75, 3.05) is 4.72 Å². The number of aromatic nitrogens is 1. The van der Waals surface area contributed by atoms with Crippen molar-refractivity contribution in [3.05, 3.63) is 60.7 Å². The summed E-state index contributed by atoms with van der Waals surface area (Å²) in [6.07, 6.45) is 2.71. The van der Waals surface area contributed by atoms with Gasteiger partial charge in [0.25, 0.3) is 15.9 Å². The minimum absolute atomic E-state index is 0.203. The van der Waals surface area contributed by atoms with Gasteiger partial charge in [0.05, 0.1) is 10.5 Å². The average Bonchev–Trinajstić information content (AvgIpc) is 3.09. The molecular formula is C16H13N3O5S. The van der Waals surface area contributed by atoms with Gasteiger partial charge in [-0.15, -0.1) is 0 Å². The maximum Gasteiger partial charge on any atom is 0.261 e. The van der Waals surface area contributed by atoms with E-state index in [1.165, 1.54) is 18.7 Å². The van der Waals surface area contributed by atoms with Gasteiger partial charge in [0, 0.05) is 11.3 Å². The molecule has 1 heterocycles. The molecule has 2 aromatic carbocycles. The molecule has 0 atom stereocenters. The molecule has 25 heavy (non-hydrogen) atoms. The predicted octanol–water partition coefficient (Wildman–Crippen LogP) is 1.95. The number of oxazole rings is 1. The molecule has 9 heteroatoms. The quantitative estimate of drug-likeness (QED) is 0.637. The van der Waals surface area contributed by atoms with Crippen LogP contribution in [0.1, 0.15) is 10.4 Å². The van der Waals surface area contributed by atoms with Crippen molar-refractivity contribution < 1.29 is 22.7 Å². The Morgan fingerprint density at radius 2 is 2.00 bits per heavy atom. The number of sulfonamides is 1. The van der Waals surface area contributed by atoms with E-state index in [9.17, 15) is 18.3 Å². The van der Waals surface area contributed by atoms with Crippen molar-refractivity contribution in [1.29, 1.82) is 0 Å². The summed E-state index contributed by atoms with van der Waals surface area (Å²) in [4.78, 5) is 15.1. The highest BCUT2D eigenvalue weighted by molar-refractivity contribution is 7.92. The molecule has 0 spiro atoms. The number of anilines is 1. The minimum atomic E-state index is -3.98. The second-order valence-electron chi connectivity index (χ2n) is 5.10. The lowest BCUT2D eigenvalue weighted by molar-refractivity contribution is 0.0997. The van der Waals surface area contributed by atoms with E-state index >= 15 is 0 Å². The SMILES string of the molecule is NC(=O)c1cc(S(=O)(=O)Nc2cccc(-c3cocn3)c2)ccc1O. The number of hydrogen-bond acceptors (Lipinski definition) is 6. The number of hydrogen-bond donors (Lipinski definition) is 3. The lowest BCUT2D eigenvalue weighted by atomic mass is 10.1. The third-order valence-electron chi connectivity index (χ3n) is 3.39. The lowest BCUT2D eigenvalue weighted by Crippen LogP contribution is -2.16. The van der Waals surface area contributed by atoms with Gasteiger partial charge in [-0.2, -0.15) is 0 Å². The van der Waals surface area contributed by atoms with Crippen molar-refractivity contribution in [2.45, 2.75) is 4.90 Å². The molecule has 0 unspecified atom stereocenters. The number of rotatable bonds is 5. The Labute approximate surface area is 143 Å². The van der Waals surface area contributed by atoms with Crippen LogP contribution in [0.3, 0.4) is 0 Å². The van der Waals surface area contributed by atoms with Crippen molar-refractivity contribution in [3.8, 4) is 17.0 Å². The molecule has 1 aromatic heterocycles. The Hall–Kier alpha value is -3.33. The van der Waals surface area contributed by atoms with Crippen LogP contribution in [0.4, 0.5) is 5.69 Å². The molecule has 0 saturated carbocycles. The maximum absolute atomic E-state index is 12.5. The first-order valence-electron chi connectivity index (χ1n) is 7.01. The first-order chi connectivity index (χ1) is 11.9. The third kappa shape index (κ3) is 3.45. The number of primary amides is 1. The van der Waals surface area contributed by atoms with Crippen LogP contribution < -0.4 is 10.5 Å². The Morgan fingerprint density at radius 1 is 1.20 bits per heavy atom. The molecule has 0 aliphatic carbocycles. The van der Waals surface area contributed by atoms with E-state index < -0.39 is 15.9 Å². The lowest BCUT2D eigenvalue weighted by Gasteiger charge is -2.10. The smallest absolute Gasteiger partial charge is 0.261 e. The fourth-order valence-electron chi connectivity index (χ4n) is 2.19. The third-order valence-corrected chi connectivity index (χ3v) is 4.77. The highest BCUT2D eigenvalue weighted by atomic mass is 32.2. The zero-order chi connectivity index (χ0) is 18.0. The molecule has 0 bridgehead atoms. The number of carbonyl (C=O) groups excluding carboxylic acids is 1. The van der Waals surface area contributed by atoms with Gasteiger partial charge in [-0.25, -0.2) is 13.4 Å². The van der Waals surface area contributed by atoms with E-state index in [2.05, 4.69) is 9.71 Å². The molecule has 0 saturated heterocycles. The number of amides is 1. The van der Waals surface area contributed by atoms with Crippen LogP contribution in [0.2, 0.25) is 0 Å². The van der Waals surface area contributed by atoms with Crippen molar-refractivity contribution in [3.63, 3.8) is 0 Å². The number of nitrogens with two attached hydrogens (primary N) is 1. The van der Waals surface area contributed by atoms with Crippen molar-refractivity contribution >= 4 is 21.6 Å². The summed E-state index contributed by atoms with van der Waals surface area (Å²) >= 11 is 0. The van der Waals surface area contributed by atoms with Gasteiger partial charge in [-0.3, -0.25) is 9.52 Å². The van der Waals surface area contributed by atoms with E-state index in [0.29, 0.717) is 16.9 Å². The van der Waals surface area contributed by atoms with Gasteiger partial charge in [0.1, 0.15) is 17.7 Å². The van der Waals surface area contributed by atoms with E-state index in [-0.39, 0.29) is 16.2 Å². The molecule has 4 N–H and O–H groups in total. The van der Waals surface area contributed by atoms with E-state index in [4.69, 9.17) is 10.2 Å². The number of nitrogens with zero attached hydrogens (tertiary/aromatic N) is 1. The summed E-state index contributed by atoms with van der Waals surface area (Å²) in [6, 6.07) is 9.85. The zero-order valence-electron chi connectivity index (χ0n) is 12.7. The van der Waals surface area contributed by atoms with Crippen LogP contribution in [0, 0.1) is 0 Å². The van der Waals surface area contributed by atoms with Gasteiger partial charge in [0.15, 0.2) is 6.39 Å². The van der Waals surface area contributed by atoms with Crippen LogP contribution in [0.5, 0.6) is 5.75 Å². The number of benzene rings is 2. The fourth-order valence-corrected chi connectivity index (χ4v) is 3.27. The molecule has 0 aliphatic heterocycles. The van der Waals surface area contributed by atoms with Crippen LogP contribution >= 0.6 is 0 Å². The molecule has 0 radical (unpaired) electrons. The van der Waals surface area contributed by atoms with Gasteiger partial charge < -0.3 is 15.3 Å². The molecule has 0 aliphatic rings. The molecule has 1 amide bonds.